The Morgan fingerprint density at radius 1 is 1.42 bits per heavy atom. The number of unbranched alkanes of at least 4 members (excludes halogenated alkanes) is 1. The van der Waals surface area contributed by atoms with Gasteiger partial charge < -0.3 is 11.1 Å². The van der Waals surface area contributed by atoms with E-state index in [-0.39, 0.29) is 18.3 Å². The van der Waals surface area contributed by atoms with Crippen molar-refractivity contribution in [2.75, 3.05) is 31.5 Å². The van der Waals surface area contributed by atoms with Crippen molar-refractivity contribution >= 4 is 11.6 Å². The predicted molar refractivity (Wildman–Crippen MR) is 75.4 cm³/mol. The molecule has 1 amide bonds. The average Bonchev–Trinajstić information content (AvgIpc) is 2.36. The number of nitrogens with one attached hydrogen (secondary N) is 1. The van der Waals surface area contributed by atoms with Gasteiger partial charge in [0.25, 0.3) is 0 Å². The number of nitrogens with two attached hydrogens (primary N) is 1. The second-order valence-corrected chi connectivity index (χ2v) is 4.48. The van der Waals surface area contributed by atoms with Crippen molar-refractivity contribution in [2.24, 2.45) is 5.73 Å². The molecule has 0 aliphatic heterocycles. The first kappa shape index (κ1) is 15.6. The Balaban J connectivity index is 2.47. The van der Waals surface area contributed by atoms with E-state index >= 15 is 0 Å². The minimum Gasteiger partial charge on any atom is -0.329 e. The minimum atomic E-state index is -0.359. The number of hydrogen-bond donors (Lipinski definition) is 2. The second-order valence-electron chi connectivity index (χ2n) is 4.48. The van der Waals surface area contributed by atoms with E-state index in [0.29, 0.717) is 18.8 Å². The Labute approximate surface area is 113 Å². The highest BCUT2D eigenvalue weighted by Gasteiger charge is 2.10. The first-order valence-electron chi connectivity index (χ1n) is 6.63. The monoisotopic (exact) mass is 267 g/mol. The van der Waals surface area contributed by atoms with E-state index in [1.54, 1.807) is 12.1 Å². The van der Waals surface area contributed by atoms with Crippen LogP contribution in [0.25, 0.3) is 0 Å². The Hall–Kier alpha value is -1.46. The third-order valence-electron chi connectivity index (χ3n) is 2.75. The molecule has 4 nitrogen and oxygen atoms in total. The van der Waals surface area contributed by atoms with E-state index in [2.05, 4.69) is 12.2 Å². The van der Waals surface area contributed by atoms with Crippen LogP contribution in [0.2, 0.25) is 0 Å². The Kier molecular flexibility index (Phi) is 7.07. The molecule has 0 aromatic heterocycles. The maximum absolute atomic E-state index is 13.0. The Morgan fingerprint density at radius 2 is 2.21 bits per heavy atom. The summed E-state index contributed by atoms with van der Waals surface area (Å²) < 4.78 is 13.0. The average molecular weight is 267 g/mol. The van der Waals surface area contributed by atoms with Crippen molar-refractivity contribution < 1.29 is 9.18 Å². The fourth-order valence-corrected chi connectivity index (χ4v) is 1.80. The standard InChI is InChI=1S/C14H22FN3O/c1-2-3-8-18(9-7-16)11-14(19)17-13-6-4-5-12(15)10-13/h4-6,10H,2-3,7-9,11,16H2,1H3,(H,17,19). The third kappa shape index (κ3) is 6.31. The number of nitrogens with zero attached hydrogens (tertiary/aromatic N) is 1. The summed E-state index contributed by atoms with van der Waals surface area (Å²) >= 11 is 0. The lowest BCUT2D eigenvalue weighted by atomic mass is 10.3. The number of amides is 1. The first-order valence-corrected chi connectivity index (χ1v) is 6.63. The number of carbonyl (C=O) groups is 1. The lowest BCUT2D eigenvalue weighted by Gasteiger charge is -2.20. The third-order valence-corrected chi connectivity index (χ3v) is 2.75. The maximum atomic E-state index is 13.0. The van der Waals surface area contributed by atoms with Gasteiger partial charge in [-0.15, -0.1) is 0 Å². The summed E-state index contributed by atoms with van der Waals surface area (Å²) in [6.45, 7) is 4.46. The molecule has 0 fully saturated rings. The summed E-state index contributed by atoms with van der Waals surface area (Å²) in [6.07, 6.45) is 2.11. The molecule has 19 heavy (non-hydrogen) atoms. The number of hydrogen-bond acceptors (Lipinski definition) is 3. The van der Waals surface area contributed by atoms with Gasteiger partial charge in [-0.2, -0.15) is 0 Å². The summed E-state index contributed by atoms with van der Waals surface area (Å²) in [5.41, 5.74) is 6.01. The van der Waals surface area contributed by atoms with Gasteiger partial charge in [0.15, 0.2) is 0 Å². The van der Waals surface area contributed by atoms with Gasteiger partial charge in [0.1, 0.15) is 5.82 Å². The molecule has 0 atom stereocenters. The van der Waals surface area contributed by atoms with Gasteiger partial charge in [-0.1, -0.05) is 19.4 Å². The number of rotatable bonds is 8. The zero-order valence-electron chi connectivity index (χ0n) is 11.4. The van der Waals surface area contributed by atoms with Gasteiger partial charge in [-0.05, 0) is 31.2 Å². The number of halogens is 1. The van der Waals surface area contributed by atoms with Crippen LogP contribution < -0.4 is 11.1 Å². The Morgan fingerprint density at radius 3 is 2.84 bits per heavy atom. The van der Waals surface area contributed by atoms with Crippen LogP contribution in [-0.2, 0) is 4.79 Å². The van der Waals surface area contributed by atoms with E-state index in [1.165, 1.54) is 12.1 Å². The molecule has 0 heterocycles. The molecule has 3 N–H and O–H groups in total. The molecule has 1 aromatic rings. The van der Waals surface area contributed by atoms with Crippen LogP contribution in [0.1, 0.15) is 19.8 Å². The van der Waals surface area contributed by atoms with Crippen LogP contribution in [0.15, 0.2) is 24.3 Å². The zero-order valence-corrected chi connectivity index (χ0v) is 11.4. The molecule has 0 unspecified atom stereocenters. The van der Waals surface area contributed by atoms with E-state index in [4.69, 9.17) is 5.73 Å². The highest BCUT2D eigenvalue weighted by Crippen LogP contribution is 2.09. The van der Waals surface area contributed by atoms with E-state index in [1.807, 2.05) is 4.90 Å². The predicted octanol–water partition coefficient (Wildman–Crippen LogP) is 1.82. The van der Waals surface area contributed by atoms with Gasteiger partial charge in [0.05, 0.1) is 6.54 Å². The van der Waals surface area contributed by atoms with Crippen LogP contribution in [0.5, 0.6) is 0 Å². The highest BCUT2D eigenvalue weighted by molar-refractivity contribution is 5.92. The fourth-order valence-electron chi connectivity index (χ4n) is 1.80. The van der Waals surface area contributed by atoms with Gasteiger partial charge in [-0.3, -0.25) is 9.69 Å². The summed E-state index contributed by atoms with van der Waals surface area (Å²) in [5.74, 6) is -0.502. The van der Waals surface area contributed by atoms with Crippen LogP contribution in [0, 0.1) is 5.82 Å². The molecule has 0 saturated carbocycles. The molecular weight excluding hydrogens is 245 g/mol. The number of anilines is 1. The largest absolute Gasteiger partial charge is 0.329 e. The number of carbonyl (C=O) groups excluding carboxylic acids is 1. The molecule has 106 valence electrons. The zero-order chi connectivity index (χ0) is 14.1. The quantitative estimate of drug-likeness (QED) is 0.755. The van der Waals surface area contributed by atoms with Crippen molar-refractivity contribution in [3.05, 3.63) is 30.1 Å². The molecular formula is C14H22FN3O. The SMILES string of the molecule is CCCCN(CCN)CC(=O)Nc1cccc(F)c1. The highest BCUT2D eigenvalue weighted by atomic mass is 19.1. The van der Waals surface area contributed by atoms with E-state index in [9.17, 15) is 9.18 Å². The van der Waals surface area contributed by atoms with Crippen LogP contribution in [-0.4, -0.2) is 37.0 Å². The van der Waals surface area contributed by atoms with Crippen molar-refractivity contribution in [1.29, 1.82) is 0 Å². The smallest absolute Gasteiger partial charge is 0.238 e. The van der Waals surface area contributed by atoms with Gasteiger partial charge in [0, 0.05) is 18.8 Å². The first-order chi connectivity index (χ1) is 9.15. The van der Waals surface area contributed by atoms with Crippen LogP contribution >= 0.6 is 0 Å². The van der Waals surface area contributed by atoms with Crippen molar-refractivity contribution in [3.63, 3.8) is 0 Å². The number of benzene rings is 1. The summed E-state index contributed by atoms with van der Waals surface area (Å²) in [7, 11) is 0. The molecule has 0 bridgehead atoms. The molecule has 1 aromatic carbocycles. The Bertz CT molecular complexity index is 398. The molecule has 5 heteroatoms. The minimum absolute atomic E-state index is 0.143. The molecule has 0 aliphatic rings. The van der Waals surface area contributed by atoms with E-state index in [0.717, 1.165) is 19.4 Å². The van der Waals surface area contributed by atoms with Gasteiger partial charge >= 0.3 is 0 Å². The van der Waals surface area contributed by atoms with Gasteiger partial charge in [-0.25, -0.2) is 4.39 Å². The lowest BCUT2D eigenvalue weighted by molar-refractivity contribution is -0.117. The van der Waals surface area contributed by atoms with Crippen molar-refractivity contribution in [3.8, 4) is 0 Å². The van der Waals surface area contributed by atoms with Crippen molar-refractivity contribution in [2.45, 2.75) is 19.8 Å². The lowest BCUT2D eigenvalue weighted by Crippen LogP contribution is -2.37. The van der Waals surface area contributed by atoms with Gasteiger partial charge in [0.2, 0.25) is 5.91 Å². The second kappa shape index (κ2) is 8.61. The fraction of sp³-hybridized carbons (Fsp3) is 0.500. The molecule has 0 saturated heterocycles. The van der Waals surface area contributed by atoms with E-state index < -0.39 is 0 Å². The van der Waals surface area contributed by atoms with Crippen LogP contribution in [0.3, 0.4) is 0 Å². The summed E-state index contributed by atoms with van der Waals surface area (Å²) in [4.78, 5) is 13.9. The van der Waals surface area contributed by atoms with Crippen molar-refractivity contribution in [1.82, 2.24) is 4.90 Å². The topological polar surface area (TPSA) is 58.4 Å². The normalized spacial score (nSPS) is 10.7. The maximum Gasteiger partial charge on any atom is 0.238 e. The van der Waals surface area contributed by atoms with Crippen LogP contribution in [0.4, 0.5) is 10.1 Å². The molecule has 1 rings (SSSR count). The molecule has 0 spiro atoms. The summed E-state index contributed by atoms with van der Waals surface area (Å²) in [5, 5.41) is 2.69. The molecule has 0 radical (unpaired) electrons. The molecule has 0 aliphatic carbocycles. The summed E-state index contributed by atoms with van der Waals surface area (Å²) in [6, 6.07) is 5.88.